The summed E-state index contributed by atoms with van der Waals surface area (Å²) in [6.45, 7) is 5.29. The Morgan fingerprint density at radius 2 is 2.30 bits per heavy atom. The quantitative estimate of drug-likeness (QED) is 0.780. The minimum Gasteiger partial charge on any atom is -0.383 e. The maximum absolute atomic E-state index is 12.0. The number of carbonyl (C=O) groups excluding carboxylic acids is 1. The largest absolute Gasteiger partial charge is 0.383 e. The molecule has 0 aliphatic carbocycles. The number of nitrogens with one attached hydrogen (secondary N) is 2. The smallest absolute Gasteiger partial charge is 0.239 e. The minimum absolute atomic E-state index is 0.0333. The molecule has 5 nitrogen and oxygen atoms in total. The lowest BCUT2D eigenvalue weighted by Gasteiger charge is -2.25. The number of carbonyl (C=O) groups is 1. The topological polar surface area (TPSA) is 53.6 Å². The zero-order valence-corrected chi connectivity index (χ0v) is 12.2. The number of methoxy groups -OCH3 is 1. The third kappa shape index (κ3) is 3.95. The third-order valence-electron chi connectivity index (χ3n) is 3.43. The van der Waals surface area contributed by atoms with E-state index in [1.165, 1.54) is 5.56 Å². The number of amides is 1. The Morgan fingerprint density at radius 1 is 1.50 bits per heavy atom. The number of rotatable bonds is 5. The van der Waals surface area contributed by atoms with E-state index in [0.717, 1.165) is 18.8 Å². The van der Waals surface area contributed by atoms with Gasteiger partial charge in [-0.15, -0.1) is 0 Å². The van der Waals surface area contributed by atoms with Gasteiger partial charge in [-0.2, -0.15) is 0 Å². The molecule has 0 saturated heterocycles. The van der Waals surface area contributed by atoms with Crippen molar-refractivity contribution in [3.8, 4) is 0 Å². The van der Waals surface area contributed by atoms with E-state index >= 15 is 0 Å². The first kappa shape index (κ1) is 14.8. The summed E-state index contributed by atoms with van der Waals surface area (Å²) in [5.41, 5.74) is 2.38. The molecule has 1 amide bonds. The lowest BCUT2D eigenvalue weighted by Crippen LogP contribution is -2.42. The van der Waals surface area contributed by atoms with Crippen LogP contribution < -0.4 is 15.5 Å². The molecular weight excluding hydrogens is 254 g/mol. The molecule has 0 fully saturated rings. The van der Waals surface area contributed by atoms with Gasteiger partial charge in [0.15, 0.2) is 0 Å². The van der Waals surface area contributed by atoms with Crippen LogP contribution in [0.3, 0.4) is 0 Å². The molecule has 1 atom stereocenters. The highest BCUT2D eigenvalue weighted by Crippen LogP contribution is 2.22. The first-order valence-corrected chi connectivity index (χ1v) is 7.02. The molecule has 1 aliphatic rings. The third-order valence-corrected chi connectivity index (χ3v) is 3.43. The second-order valence-electron chi connectivity index (χ2n) is 5.13. The Balaban J connectivity index is 2.03. The van der Waals surface area contributed by atoms with Gasteiger partial charge in [0.1, 0.15) is 0 Å². The Kier molecular flexibility index (Phi) is 5.38. The summed E-state index contributed by atoms with van der Waals surface area (Å²) in [4.78, 5) is 14.1. The Labute approximate surface area is 120 Å². The minimum atomic E-state index is 0.0333. The van der Waals surface area contributed by atoms with Crippen LogP contribution >= 0.6 is 0 Å². The summed E-state index contributed by atoms with van der Waals surface area (Å²) in [5.74, 6) is 0.0333. The summed E-state index contributed by atoms with van der Waals surface area (Å²) >= 11 is 0. The summed E-state index contributed by atoms with van der Waals surface area (Å²) in [7, 11) is 1.63. The van der Waals surface area contributed by atoms with E-state index in [4.69, 9.17) is 4.74 Å². The number of anilines is 1. The Morgan fingerprint density at radius 3 is 3.10 bits per heavy atom. The maximum atomic E-state index is 12.0. The summed E-state index contributed by atoms with van der Waals surface area (Å²) in [6, 6.07) is 8.60. The first-order chi connectivity index (χ1) is 9.70. The number of hydrogen-bond acceptors (Lipinski definition) is 4. The molecule has 2 rings (SSSR count). The van der Waals surface area contributed by atoms with Crippen LogP contribution in [0.25, 0.3) is 0 Å². The summed E-state index contributed by atoms with van der Waals surface area (Å²) in [5, 5.41) is 6.33. The molecule has 1 unspecified atom stereocenters. The van der Waals surface area contributed by atoms with Crippen molar-refractivity contribution in [1.29, 1.82) is 0 Å². The van der Waals surface area contributed by atoms with Gasteiger partial charge in [-0.25, -0.2) is 0 Å². The van der Waals surface area contributed by atoms with Crippen molar-refractivity contribution < 1.29 is 9.53 Å². The molecule has 1 aliphatic heterocycles. The zero-order chi connectivity index (χ0) is 14.4. The van der Waals surface area contributed by atoms with E-state index in [0.29, 0.717) is 25.7 Å². The maximum Gasteiger partial charge on any atom is 0.239 e. The number of hydrogen-bond donors (Lipinski definition) is 2. The monoisotopic (exact) mass is 277 g/mol. The standard InChI is InChI=1S/C15H23N3O2/c1-12-10-18(11-15(19)16-7-8-20-2)14-6-4-3-5-13(14)9-17-12/h3-6,12,17H,7-11H2,1-2H3,(H,16,19). The molecule has 1 aromatic carbocycles. The van der Waals surface area contributed by atoms with Crippen molar-refractivity contribution in [1.82, 2.24) is 10.6 Å². The van der Waals surface area contributed by atoms with Crippen LogP contribution in [0.15, 0.2) is 24.3 Å². The molecule has 1 heterocycles. The van der Waals surface area contributed by atoms with Crippen molar-refractivity contribution in [2.75, 3.05) is 38.3 Å². The second-order valence-corrected chi connectivity index (χ2v) is 5.13. The average Bonchev–Trinajstić information content (AvgIpc) is 2.59. The van der Waals surface area contributed by atoms with Gasteiger partial charge in [0, 0.05) is 38.5 Å². The van der Waals surface area contributed by atoms with Crippen LogP contribution in [0.4, 0.5) is 5.69 Å². The van der Waals surface area contributed by atoms with Gasteiger partial charge in [0.25, 0.3) is 0 Å². The van der Waals surface area contributed by atoms with Gasteiger partial charge in [-0.05, 0) is 18.6 Å². The Hall–Kier alpha value is -1.59. The van der Waals surface area contributed by atoms with Gasteiger partial charge in [-0.1, -0.05) is 18.2 Å². The summed E-state index contributed by atoms with van der Waals surface area (Å²) < 4.78 is 4.94. The molecular formula is C15H23N3O2. The van der Waals surface area contributed by atoms with Crippen LogP contribution in [-0.4, -0.2) is 45.3 Å². The predicted octanol–water partition coefficient (Wildman–Crippen LogP) is 0.747. The van der Waals surface area contributed by atoms with Gasteiger partial charge < -0.3 is 20.3 Å². The fourth-order valence-electron chi connectivity index (χ4n) is 2.42. The molecule has 0 saturated carbocycles. The van der Waals surface area contributed by atoms with Gasteiger partial charge in [0.2, 0.25) is 5.91 Å². The van der Waals surface area contributed by atoms with Crippen molar-refractivity contribution in [2.45, 2.75) is 19.5 Å². The lowest BCUT2D eigenvalue weighted by atomic mass is 10.1. The fraction of sp³-hybridized carbons (Fsp3) is 0.533. The second kappa shape index (κ2) is 7.26. The predicted molar refractivity (Wildman–Crippen MR) is 79.8 cm³/mol. The van der Waals surface area contributed by atoms with E-state index in [1.54, 1.807) is 7.11 Å². The van der Waals surface area contributed by atoms with Crippen molar-refractivity contribution in [2.24, 2.45) is 0 Å². The summed E-state index contributed by atoms with van der Waals surface area (Å²) in [6.07, 6.45) is 0. The van der Waals surface area contributed by atoms with Crippen LogP contribution in [0.5, 0.6) is 0 Å². The number of para-hydroxylation sites is 1. The molecule has 0 aromatic heterocycles. The van der Waals surface area contributed by atoms with E-state index in [1.807, 2.05) is 12.1 Å². The van der Waals surface area contributed by atoms with Crippen LogP contribution in [0.2, 0.25) is 0 Å². The van der Waals surface area contributed by atoms with Crippen molar-refractivity contribution in [3.05, 3.63) is 29.8 Å². The van der Waals surface area contributed by atoms with E-state index < -0.39 is 0 Å². The lowest BCUT2D eigenvalue weighted by molar-refractivity contribution is -0.119. The molecule has 2 N–H and O–H groups in total. The van der Waals surface area contributed by atoms with E-state index in [-0.39, 0.29) is 5.91 Å². The molecule has 1 aromatic rings. The molecule has 110 valence electrons. The van der Waals surface area contributed by atoms with Crippen LogP contribution in [0.1, 0.15) is 12.5 Å². The average molecular weight is 277 g/mol. The van der Waals surface area contributed by atoms with Gasteiger partial charge in [-0.3, -0.25) is 4.79 Å². The number of fused-ring (bicyclic) bond motifs is 1. The Bertz CT molecular complexity index is 450. The highest BCUT2D eigenvalue weighted by Gasteiger charge is 2.20. The SMILES string of the molecule is COCCNC(=O)CN1CC(C)NCc2ccccc21. The van der Waals surface area contributed by atoms with Crippen molar-refractivity contribution in [3.63, 3.8) is 0 Å². The number of ether oxygens (including phenoxy) is 1. The molecule has 0 spiro atoms. The van der Waals surface area contributed by atoms with Gasteiger partial charge >= 0.3 is 0 Å². The fourth-order valence-corrected chi connectivity index (χ4v) is 2.42. The number of nitrogens with zero attached hydrogens (tertiary/aromatic N) is 1. The molecule has 0 bridgehead atoms. The normalized spacial score (nSPS) is 18.3. The zero-order valence-electron chi connectivity index (χ0n) is 12.2. The van der Waals surface area contributed by atoms with Crippen LogP contribution in [0, 0.1) is 0 Å². The van der Waals surface area contributed by atoms with Crippen molar-refractivity contribution >= 4 is 11.6 Å². The molecule has 0 radical (unpaired) electrons. The molecule has 20 heavy (non-hydrogen) atoms. The van der Waals surface area contributed by atoms with Gasteiger partial charge in [0.05, 0.1) is 13.2 Å². The molecule has 5 heteroatoms. The highest BCUT2D eigenvalue weighted by molar-refractivity contribution is 5.81. The van der Waals surface area contributed by atoms with E-state index in [9.17, 15) is 4.79 Å². The van der Waals surface area contributed by atoms with E-state index in [2.05, 4.69) is 34.6 Å². The highest BCUT2D eigenvalue weighted by atomic mass is 16.5. The van der Waals surface area contributed by atoms with Crippen LogP contribution in [-0.2, 0) is 16.1 Å². The first-order valence-electron chi connectivity index (χ1n) is 7.02. The number of benzene rings is 1.